The van der Waals surface area contributed by atoms with Crippen LogP contribution >= 0.6 is 71.8 Å². The molecule has 0 aliphatic carbocycles. The molecule has 0 aliphatic heterocycles. The third-order valence-electron chi connectivity index (χ3n) is 2.14. The van der Waals surface area contributed by atoms with Gasteiger partial charge in [-0.2, -0.15) is 0 Å². The Kier molecular flexibility index (Phi) is 5.09. The fourth-order valence-corrected chi connectivity index (χ4v) is 3.57. The van der Waals surface area contributed by atoms with Crippen LogP contribution in [0.1, 0.15) is 0 Å². The van der Waals surface area contributed by atoms with Gasteiger partial charge in [0, 0.05) is 24.6 Å². The summed E-state index contributed by atoms with van der Waals surface area (Å²) in [6.07, 6.45) is 0. The third kappa shape index (κ3) is 3.47. The average molecular weight is 354 g/mol. The van der Waals surface area contributed by atoms with Gasteiger partial charge in [0.15, 0.2) is 0 Å². The average Bonchev–Trinajstić information content (AvgIpc) is 2.29. The maximum atomic E-state index is 6.00. The van der Waals surface area contributed by atoms with Crippen molar-refractivity contribution in [1.29, 1.82) is 0 Å². The van der Waals surface area contributed by atoms with Crippen molar-refractivity contribution >= 4 is 71.8 Å². The van der Waals surface area contributed by atoms with Crippen LogP contribution in [0.25, 0.3) is 0 Å². The second-order valence-electron chi connectivity index (χ2n) is 3.45. The van der Waals surface area contributed by atoms with Crippen molar-refractivity contribution < 1.29 is 0 Å². The number of hydrogen-bond donors (Lipinski definition) is 2. The summed E-state index contributed by atoms with van der Waals surface area (Å²) in [5, 5.41) is 1.66. The standard InChI is InChI=1S/C12H7Cl3S3/c13-6-1-2-11(9(16)3-6)18-12-5-8(15)7(14)4-10(12)17/h1-5,16-17H. The zero-order valence-electron chi connectivity index (χ0n) is 8.82. The second kappa shape index (κ2) is 6.21. The fourth-order valence-electron chi connectivity index (χ4n) is 1.30. The molecule has 0 bridgehead atoms. The van der Waals surface area contributed by atoms with Gasteiger partial charge in [-0.15, -0.1) is 25.3 Å². The molecule has 0 fully saturated rings. The number of thiol groups is 2. The molecular formula is C12H7Cl3S3. The Labute approximate surface area is 136 Å². The van der Waals surface area contributed by atoms with Gasteiger partial charge in [-0.05, 0) is 30.3 Å². The molecule has 0 aromatic heterocycles. The van der Waals surface area contributed by atoms with Crippen molar-refractivity contribution in [3.05, 3.63) is 45.4 Å². The van der Waals surface area contributed by atoms with Gasteiger partial charge in [-0.3, -0.25) is 0 Å². The predicted octanol–water partition coefficient (Wildman–Crippen LogP) is 6.38. The van der Waals surface area contributed by atoms with Crippen molar-refractivity contribution in [3.63, 3.8) is 0 Å². The van der Waals surface area contributed by atoms with Gasteiger partial charge in [0.05, 0.1) is 10.0 Å². The summed E-state index contributed by atoms with van der Waals surface area (Å²) in [6, 6.07) is 9.04. The monoisotopic (exact) mass is 352 g/mol. The van der Waals surface area contributed by atoms with Gasteiger partial charge >= 0.3 is 0 Å². The lowest BCUT2D eigenvalue weighted by Crippen LogP contribution is -1.81. The minimum absolute atomic E-state index is 0.494. The molecule has 94 valence electrons. The zero-order valence-corrected chi connectivity index (χ0v) is 13.7. The highest BCUT2D eigenvalue weighted by Gasteiger charge is 2.09. The maximum Gasteiger partial charge on any atom is 0.0604 e. The summed E-state index contributed by atoms with van der Waals surface area (Å²) in [4.78, 5) is 3.49. The lowest BCUT2D eigenvalue weighted by atomic mass is 10.3. The molecule has 0 heterocycles. The molecule has 0 amide bonds. The minimum Gasteiger partial charge on any atom is -0.142 e. The second-order valence-corrected chi connectivity index (χ2v) is 6.75. The van der Waals surface area contributed by atoms with E-state index in [0.717, 1.165) is 19.6 Å². The van der Waals surface area contributed by atoms with E-state index >= 15 is 0 Å². The van der Waals surface area contributed by atoms with Gasteiger partial charge < -0.3 is 0 Å². The highest BCUT2D eigenvalue weighted by Crippen LogP contribution is 2.39. The summed E-state index contributed by atoms with van der Waals surface area (Å²) in [7, 11) is 0. The Bertz CT molecular complexity index is 599. The van der Waals surface area contributed by atoms with Gasteiger partial charge in [0.1, 0.15) is 0 Å². The molecule has 0 saturated carbocycles. The van der Waals surface area contributed by atoms with Crippen LogP contribution in [0.5, 0.6) is 0 Å². The van der Waals surface area contributed by atoms with Crippen molar-refractivity contribution in [2.24, 2.45) is 0 Å². The SMILES string of the molecule is Sc1cc(Cl)ccc1Sc1cc(Cl)c(Cl)cc1S. The number of halogens is 3. The Hall–Kier alpha value is 0.360. The molecule has 18 heavy (non-hydrogen) atoms. The van der Waals surface area contributed by atoms with Crippen LogP contribution in [-0.2, 0) is 0 Å². The summed E-state index contributed by atoms with van der Waals surface area (Å²) in [5.41, 5.74) is 0. The smallest absolute Gasteiger partial charge is 0.0604 e. The van der Waals surface area contributed by atoms with E-state index in [4.69, 9.17) is 34.8 Å². The van der Waals surface area contributed by atoms with Gasteiger partial charge in [0.2, 0.25) is 0 Å². The quantitative estimate of drug-likeness (QED) is 0.591. The van der Waals surface area contributed by atoms with E-state index in [1.54, 1.807) is 18.2 Å². The van der Waals surface area contributed by atoms with Gasteiger partial charge in [0.25, 0.3) is 0 Å². The molecule has 2 rings (SSSR count). The van der Waals surface area contributed by atoms with Crippen LogP contribution < -0.4 is 0 Å². The van der Waals surface area contributed by atoms with Crippen LogP contribution in [-0.4, -0.2) is 0 Å². The Morgan fingerprint density at radius 3 is 2.06 bits per heavy atom. The highest BCUT2D eigenvalue weighted by molar-refractivity contribution is 8.00. The van der Waals surface area contributed by atoms with Crippen LogP contribution in [0.15, 0.2) is 49.9 Å². The van der Waals surface area contributed by atoms with Crippen molar-refractivity contribution in [2.45, 2.75) is 19.6 Å². The highest BCUT2D eigenvalue weighted by atomic mass is 35.5. The first kappa shape index (κ1) is 14.8. The Balaban J connectivity index is 2.37. The lowest BCUT2D eigenvalue weighted by molar-refractivity contribution is 1.21. The molecule has 2 aromatic rings. The van der Waals surface area contributed by atoms with Crippen LogP contribution in [0.2, 0.25) is 15.1 Å². The molecule has 0 N–H and O–H groups in total. The van der Waals surface area contributed by atoms with E-state index in [1.807, 2.05) is 12.1 Å². The van der Waals surface area contributed by atoms with Gasteiger partial charge in [-0.25, -0.2) is 0 Å². The molecule has 0 nitrogen and oxygen atoms in total. The molecule has 0 radical (unpaired) electrons. The molecular weight excluding hydrogens is 347 g/mol. The Morgan fingerprint density at radius 1 is 0.778 bits per heavy atom. The molecule has 0 aliphatic rings. The number of rotatable bonds is 2. The summed E-state index contributed by atoms with van der Waals surface area (Å²) in [6.45, 7) is 0. The third-order valence-corrected chi connectivity index (χ3v) is 5.28. The molecule has 0 spiro atoms. The first-order chi connectivity index (χ1) is 8.47. The van der Waals surface area contributed by atoms with Gasteiger partial charge in [-0.1, -0.05) is 46.6 Å². The maximum absolute atomic E-state index is 6.00. The normalized spacial score (nSPS) is 10.7. The van der Waals surface area contributed by atoms with Crippen LogP contribution in [0.3, 0.4) is 0 Å². The molecule has 0 unspecified atom stereocenters. The molecule has 2 aromatic carbocycles. The van der Waals surface area contributed by atoms with E-state index in [-0.39, 0.29) is 0 Å². The lowest BCUT2D eigenvalue weighted by Gasteiger charge is -2.09. The minimum atomic E-state index is 0.494. The van der Waals surface area contributed by atoms with E-state index < -0.39 is 0 Å². The zero-order chi connectivity index (χ0) is 13.3. The summed E-state index contributed by atoms with van der Waals surface area (Å²) in [5.74, 6) is 0. The molecule has 0 saturated heterocycles. The largest absolute Gasteiger partial charge is 0.142 e. The molecule has 6 heteroatoms. The van der Waals surface area contributed by atoms with Crippen molar-refractivity contribution in [3.8, 4) is 0 Å². The van der Waals surface area contributed by atoms with E-state index in [0.29, 0.717) is 15.1 Å². The van der Waals surface area contributed by atoms with E-state index in [1.165, 1.54) is 11.8 Å². The topological polar surface area (TPSA) is 0 Å². The Morgan fingerprint density at radius 2 is 1.39 bits per heavy atom. The van der Waals surface area contributed by atoms with E-state index in [2.05, 4.69) is 25.3 Å². The fraction of sp³-hybridized carbons (Fsp3) is 0. The first-order valence-corrected chi connectivity index (χ1v) is 7.66. The van der Waals surface area contributed by atoms with Crippen LogP contribution in [0.4, 0.5) is 0 Å². The molecule has 0 atom stereocenters. The number of benzene rings is 2. The van der Waals surface area contributed by atoms with Crippen molar-refractivity contribution in [1.82, 2.24) is 0 Å². The number of hydrogen-bond acceptors (Lipinski definition) is 3. The first-order valence-electron chi connectivity index (χ1n) is 4.82. The van der Waals surface area contributed by atoms with E-state index in [9.17, 15) is 0 Å². The summed E-state index contributed by atoms with van der Waals surface area (Å²) < 4.78 is 0. The van der Waals surface area contributed by atoms with Crippen molar-refractivity contribution in [2.75, 3.05) is 0 Å². The predicted molar refractivity (Wildman–Crippen MR) is 86.5 cm³/mol. The van der Waals surface area contributed by atoms with Crippen LogP contribution in [0, 0.1) is 0 Å². The summed E-state index contributed by atoms with van der Waals surface area (Å²) >= 11 is 28.1.